The van der Waals surface area contributed by atoms with Crippen molar-refractivity contribution in [2.45, 2.75) is 26.3 Å². The predicted octanol–water partition coefficient (Wildman–Crippen LogP) is 2.21. The Morgan fingerprint density at radius 2 is 2.21 bits per heavy atom. The lowest BCUT2D eigenvalue weighted by Crippen LogP contribution is -2.27. The minimum atomic E-state index is 0.452. The molecule has 1 aromatic carbocycles. The van der Waals surface area contributed by atoms with Crippen molar-refractivity contribution in [3.8, 4) is 5.75 Å². The van der Waals surface area contributed by atoms with Gasteiger partial charge in [0.25, 0.3) is 0 Å². The molecule has 0 aromatic heterocycles. The first-order valence-electron chi connectivity index (χ1n) is 5.13. The van der Waals surface area contributed by atoms with Gasteiger partial charge in [-0.2, -0.15) is 0 Å². The van der Waals surface area contributed by atoms with E-state index in [1.165, 1.54) is 16.7 Å². The van der Waals surface area contributed by atoms with Gasteiger partial charge in [-0.1, -0.05) is 6.07 Å². The van der Waals surface area contributed by atoms with E-state index in [4.69, 9.17) is 4.74 Å². The van der Waals surface area contributed by atoms with Crippen molar-refractivity contribution in [1.82, 2.24) is 5.32 Å². The molecule has 1 aliphatic heterocycles. The van der Waals surface area contributed by atoms with E-state index in [-0.39, 0.29) is 0 Å². The minimum absolute atomic E-state index is 0.452. The van der Waals surface area contributed by atoms with Crippen LogP contribution in [-0.4, -0.2) is 13.7 Å². The Balaban J connectivity index is 2.49. The largest absolute Gasteiger partial charge is 0.496 e. The minimum Gasteiger partial charge on any atom is -0.496 e. The summed E-state index contributed by atoms with van der Waals surface area (Å²) in [6.45, 7) is 5.39. The molecule has 1 aliphatic rings. The molecule has 2 nitrogen and oxygen atoms in total. The molecule has 1 atom stereocenters. The van der Waals surface area contributed by atoms with E-state index in [0.717, 1.165) is 18.7 Å². The van der Waals surface area contributed by atoms with E-state index in [1.54, 1.807) is 7.11 Å². The maximum atomic E-state index is 5.33. The third kappa shape index (κ3) is 1.50. The van der Waals surface area contributed by atoms with E-state index in [2.05, 4.69) is 31.3 Å². The quantitative estimate of drug-likeness (QED) is 0.735. The zero-order valence-corrected chi connectivity index (χ0v) is 9.05. The zero-order valence-electron chi connectivity index (χ0n) is 9.05. The summed E-state index contributed by atoms with van der Waals surface area (Å²) < 4.78 is 5.33. The molecule has 0 amide bonds. The van der Waals surface area contributed by atoms with Gasteiger partial charge in [0.1, 0.15) is 5.75 Å². The van der Waals surface area contributed by atoms with Crippen molar-refractivity contribution in [3.63, 3.8) is 0 Å². The molecule has 1 unspecified atom stereocenters. The Morgan fingerprint density at radius 3 is 2.93 bits per heavy atom. The first-order chi connectivity index (χ1) is 6.72. The van der Waals surface area contributed by atoms with Gasteiger partial charge in [-0.25, -0.2) is 0 Å². The standard InChI is InChI=1S/C12H17NO/c1-8-6-10-4-5-13-9(2)11(10)7-12(8)14-3/h6-7,9,13H,4-5H2,1-3H3. The van der Waals surface area contributed by atoms with Crippen molar-refractivity contribution in [2.75, 3.05) is 13.7 Å². The van der Waals surface area contributed by atoms with Crippen LogP contribution in [0.4, 0.5) is 0 Å². The van der Waals surface area contributed by atoms with Crippen LogP contribution < -0.4 is 10.1 Å². The second-order valence-corrected chi connectivity index (χ2v) is 3.95. The highest BCUT2D eigenvalue weighted by molar-refractivity contribution is 5.44. The van der Waals surface area contributed by atoms with Crippen LogP contribution in [0, 0.1) is 6.92 Å². The molecule has 0 saturated heterocycles. The Bertz CT molecular complexity index is 346. The highest BCUT2D eigenvalue weighted by Gasteiger charge is 2.17. The van der Waals surface area contributed by atoms with E-state index >= 15 is 0 Å². The summed E-state index contributed by atoms with van der Waals surface area (Å²) in [4.78, 5) is 0. The molecule has 1 heterocycles. The highest BCUT2D eigenvalue weighted by Crippen LogP contribution is 2.29. The summed E-state index contributed by atoms with van der Waals surface area (Å²) in [5, 5.41) is 3.45. The van der Waals surface area contributed by atoms with Gasteiger partial charge in [0, 0.05) is 6.04 Å². The molecule has 1 aromatic rings. The summed E-state index contributed by atoms with van der Waals surface area (Å²) in [6, 6.07) is 4.88. The maximum absolute atomic E-state index is 5.33. The fourth-order valence-electron chi connectivity index (χ4n) is 2.14. The smallest absolute Gasteiger partial charge is 0.122 e. The SMILES string of the molecule is COc1cc2c(cc1C)CCNC2C. The van der Waals surface area contributed by atoms with Gasteiger partial charge in [-0.15, -0.1) is 0 Å². The molecule has 1 N–H and O–H groups in total. The number of fused-ring (bicyclic) bond motifs is 1. The lowest BCUT2D eigenvalue weighted by Gasteiger charge is -2.25. The molecule has 0 saturated carbocycles. The van der Waals surface area contributed by atoms with Gasteiger partial charge >= 0.3 is 0 Å². The van der Waals surface area contributed by atoms with Crippen LogP contribution in [0.3, 0.4) is 0 Å². The van der Waals surface area contributed by atoms with Crippen molar-refractivity contribution in [2.24, 2.45) is 0 Å². The van der Waals surface area contributed by atoms with Crippen molar-refractivity contribution < 1.29 is 4.74 Å². The number of nitrogens with one attached hydrogen (secondary N) is 1. The highest BCUT2D eigenvalue weighted by atomic mass is 16.5. The molecule has 2 rings (SSSR count). The molecule has 0 radical (unpaired) electrons. The monoisotopic (exact) mass is 191 g/mol. The van der Waals surface area contributed by atoms with Crippen LogP contribution >= 0.6 is 0 Å². The van der Waals surface area contributed by atoms with E-state index < -0.39 is 0 Å². The van der Waals surface area contributed by atoms with Crippen molar-refractivity contribution >= 4 is 0 Å². The number of benzene rings is 1. The number of ether oxygens (including phenoxy) is 1. The molecule has 14 heavy (non-hydrogen) atoms. The van der Waals surface area contributed by atoms with Crippen LogP contribution in [0.5, 0.6) is 5.75 Å². The Morgan fingerprint density at radius 1 is 1.43 bits per heavy atom. The summed E-state index contributed by atoms with van der Waals surface area (Å²) >= 11 is 0. The fraction of sp³-hybridized carbons (Fsp3) is 0.500. The lowest BCUT2D eigenvalue weighted by molar-refractivity contribution is 0.409. The Labute approximate surface area is 85.3 Å². The van der Waals surface area contributed by atoms with Gasteiger partial charge in [0.15, 0.2) is 0 Å². The van der Waals surface area contributed by atoms with Gasteiger partial charge < -0.3 is 10.1 Å². The van der Waals surface area contributed by atoms with Gasteiger partial charge in [-0.05, 0) is 49.6 Å². The molecular formula is C12H17NO. The fourth-order valence-corrected chi connectivity index (χ4v) is 2.14. The number of hydrogen-bond donors (Lipinski definition) is 1. The molecule has 76 valence electrons. The number of methoxy groups -OCH3 is 1. The second-order valence-electron chi connectivity index (χ2n) is 3.95. The van der Waals surface area contributed by atoms with Gasteiger partial charge in [0.05, 0.1) is 7.11 Å². The average Bonchev–Trinajstić information content (AvgIpc) is 2.17. The molecule has 0 fully saturated rings. The van der Waals surface area contributed by atoms with Crippen LogP contribution in [-0.2, 0) is 6.42 Å². The molecule has 0 aliphatic carbocycles. The molecule has 0 bridgehead atoms. The zero-order chi connectivity index (χ0) is 10.1. The normalized spacial score (nSPS) is 20.4. The third-order valence-electron chi connectivity index (χ3n) is 2.97. The summed E-state index contributed by atoms with van der Waals surface area (Å²) in [6.07, 6.45) is 1.13. The maximum Gasteiger partial charge on any atom is 0.122 e. The summed E-state index contributed by atoms with van der Waals surface area (Å²) in [5.74, 6) is 0.999. The predicted molar refractivity (Wildman–Crippen MR) is 57.9 cm³/mol. The third-order valence-corrected chi connectivity index (χ3v) is 2.97. The molecule has 2 heteroatoms. The Hall–Kier alpha value is -1.02. The van der Waals surface area contributed by atoms with Crippen LogP contribution in [0.1, 0.15) is 29.7 Å². The van der Waals surface area contributed by atoms with Crippen molar-refractivity contribution in [3.05, 3.63) is 28.8 Å². The molecular weight excluding hydrogens is 174 g/mol. The second kappa shape index (κ2) is 3.62. The van der Waals surface area contributed by atoms with E-state index in [0.29, 0.717) is 6.04 Å². The summed E-state index contributed by atoms with van der Waals surface area (Å²) in [5.41, 5.74) is 4.09. The molecule has 0 spiro atoms. The summed E-state index contributed by atoms with van der Waals surface area (Å²) in [7, 11) is 1.73. The lowest BCUT2D eigenvalue weighted by atomic mass is 9.93. The number of hydrogen-bond acceptors (Lipinski definition) is 2. The Kier molecular flexibility index (Phi) is 2.46. The van der Waals surface area contributed by atoms with E-state index in [9.17, 15) is 0 Å². The van der Waals surface area contributed by atoms with E-state index in [1.807, 2.05) is 0 Å². The van der Waals surface area contributed by atoms with Crippen LogP contribution in [0.15, 0.2) is 12.1 Å². The number of aryl methyl sites for hydroxylation is 1. The topological polar surface area (TPSA) is 21.3 Å². The first-order valence-corrected chi connectivity index (χ1v) is 5.13. The van der Waals surface area contributed by atoms with Crippen LogP contribution in [0.25, 0.3) is 0 Å². The van der Waals surface area contributed by atoms with Gasteiger partial charge in [0.2, 0.25) is 0 Å². The van der Waals surface area contributed by atoms with Crippen molar-refractivity contribution in [1.29, 1.82) is 0 Å². The van der Waals surface area contributed by atoms with Crippen LogP contribution in [0.2, 0.25) is 0 Å². The first kappa shape index (κ1) is 9.53. The van der Waals surface area contributed by atoms with Gasteiger partial charge in [-0.3, -0.25) is 0 Å². The average molecular weight is 191 g/mol. The number of rotatable bonds is 1.